The lowest BCUT2D eigenvalue weighted by Crippen LogP contribution is -2.37. The van der Waals surface area contributed by atoms with Gasteiger partial charge >= 0.3 is 0 Å². The van der Waals surface area contributed by atoms with Gasteiger partial charge < -0.3 is 16.0 Å². The van der Waals surface area contributed by atoms with Crippen molar-refractivity contribution in [2.45, 2.75) is 91.6 Å². The number of primary amides is 1. The Labute approximate surface area is 241 Å². The standard InChI is InChI=1S/C34H48N4O2/c1-5-38(29-12-8-6-9-13-29)32-21-28(27-16-14-26(15-17-27)23-37-18-10-7-11-19-37)20-30(25(32)4)34(40)36-22-31(24(2)3)33(35)39/h14-17,20-21,29H,5-13,18-19,22-23H2,1-4H3,(H2,35,39)(H,36,40). The molecule has 1 aliphatic carbocycles. The molecule has 0 spiro atoms. The van der Waals surface area contributed by atoms with Gasteiger partial charge in [-0.2, -0.15) is 0 Å². The van der Waals surface area contributed by atoms with Crippen LogP contribution < -0.4 is 16.0 Å². The molecule has 216 valence electrons. The summed E-state index contributed by atoms with van der Waals surface area (Å²) in [5.41, 5.74) is 13.1. The lowest BCUT2D eigenvalue weighted by Gasteiger charge is -2.37. The minimum atomic E-state index is -0.495. The highest BCUT2D eigenvalue weighted by Gasteiger charge is 2.25. The number of hydrogen-bond donors (Lipinski definition) is 2. The van der Waals surface area contributed by atoms with Gasteiger partial charge in [-0.3, -0.25) is 14.5 Å². The van der Waals surface area contributed by atoms with E-state index in [-0.39, 0.29) is 12.5 Å². The summed E-state index contributed by atoms with van der Waals surface area (Å²) in [6, 6.07) is 13.6. The van der Waals surface area contributed by atoms with Crippen LogP contribution in [0.15, 0.2) is 47.5 Å². The van der Waals surface area contributed by atoms with Crippen molar-refractivity contribution < 1.29 is 9.59 Å². The Bertz CT molecular complexity index is 1200. The Morgan fingerprint density at radius 1 is 0.950 bits per heavy atom. The van der Waals surface area contributed by atoms with Gasteiger partial charge in [-0.1, -0.05) is 55.5 Å². The zero-order valence-corrected chi connectivity index (χ0v) is 25.0. The van der Waals surface area contributed by atoms with Crippen LogP contribution in [-0.2, 0) is 11.3 Å². The van der Waals surface area contributed by atoms with Crippen LogP contribution in [0.1, 0.15) is 93.6 Å². The minimum absolute atomic E-state index is 0.126. The van der Waals surface area contributed by atoms with E-state index >= 15 is 0 Å². The third-order valence-electron chi connectivity index (χ3n) is 8.76. The highest BCUT2D eigenvalue weighted by molar-refractivity contribution is 6.00. The number of likely N-dealkylation sites (tertiary alicyclic amines) is 1. The highest BCUT2D eigenvalue weighted by atomic mass is 16.2. The van der Waals surface area contributed by atoms with Crippen molar-refractivity contribution in [2.24, 2.45) is 5.73 Å². The van der Waals surface area contributed by atoms with Gasteiger partial charge in [-0.15, -0.1) is 0 Å². The third kappa shape index (κ3) is 7.34. The van der Waals surface area contributed by atoms with E-state index in [1.807, 2.05) is 19.9 Å². The number of benzene rings is 2. The van der Waals surface area contributed by atoms with Gasteiger partial charge in [0.05, 0.1) is 0 Å². The molecule has 1 aliphatic heterocycles. The molecule has 0 unspecified atom stereocenters. The molecule has 4 rings (SSSR count). The number of nitrogens with zero attached hydrogens (tertiary/aromatic N) is 2. The van der Waals surface area contributed by atoms with Gasteiger partial charge in [-0.25, -0.2) is 0 Å². The van der Waals surface area contributed by atoms with Crippen molar-refractivity contribution in [3.8, 4) is 11.1 Å². The van der Waals surface area contributed by atoms with E-state index in [2.05, 4.69) is 59.3 Å². The summed E-state index contributed by atoms with van der Waals surface area (Å²) in [6.45, 7) is 12.3. The summed E-state index contributed by atoms with van der Waals surface area (Å²) in [5.74, 6) is -0.674. The van der Waals surface area contributed by atoms with Crippen molar-refractivity contribution in [1.29, 1.82) is 0 Å². The Balaban J connectivity index is 1.67. The molecule has 1 saturated heterocycles. The number of nitrogens with two attached hydrogens (primary N) is 1. The van der Waals surface area contributed by atoms with E-state index in [0.717, 1.165) is 41.0 Å². The fourth-order valence-electron chi connectivity index (χ4n) is 6.37. The molecule has 40 heavy (non-hydrogen) atoms. The highest BCUT2D eigenvalue weighted by Crippen LogP contribution is 2.35. The number of allylic oxidation sites excluding steroid dienone is 1. The molecule has 0 aromatic heterocycles. The molecule has 1 saturated carbocycles. The van der Waals surface area contributed by atoms with Crippen LogP contribution in [0.4, 0.5) is 5.69 Å². The maximum absolute atomic E-state index is 13.6. The maximum atomic E-state index is 13.6. The van der Waals surface area contributed by atoms with Crippen LogP contribution in [0.2, 0.25) is 0 Å². The number of carbonyl (C=O) groups is 2. The van der Waals surface area contributed by atoms with Crippen molar-refractivity contribution in [3.63, 3.8) is 0 Å². The molecular formula is C34H48N4O2. The molecule has 2 aromatic carbocycles. The van der Waals surface area contributed by atoms with Crippen molar-refractivity contribution >= 4 is 17.5 Å². The Morgan fingerprint density at radius 3 is 2.20 bits per heavy atom. The second-order valence-corrected chi connectivity index (χ2v) is 11.8. The predicted octanol–water partition coefficient (Wildman–Crippen LogP) is 6.36. The Hall–Kier alpha value is -3.12. The van der Waals surface area contributed by atoms with Gasteiger partial charge in [0.15, 0.2) is 0 Å². The van der Waals surface area contributed by atoms with Crippen molar-refractivity contribution in [1.82, 2.24) is 10.2 Å². The van der Waals surface area contributed by atoms with Crippen LogP contribution in [0.25, 0.3) is 11.1 Å². The number of carbonyl (C=O) groups excluding carboxylic acids is 2. The molecule has 1 heterocycles. The molecule has 2 amide bonds. The van der Waals surface area contributed by atoms with E-state index < -0.39 is 5.91 Å². The monoisotopic (exact) mass is 544 g/mol. The summed E-state index contributed by atoms with van der Waals surface area (Å²) < 4.78 is 0. The second kappa shape index (κ2) is 14.0. The number of anilines is 1. The molecule has 6 heteroatoms. The molecule has 2 aliphatic rings. The normalized spacial score (nSPS) is 16.4. The zero-order valence-electron chi connectivity index (χ0n) is 25.0. The van der Waals surface area contributed by atoms with Gasteiger partial charge in [0, 0.05) is 42.5 Å². The fraction of sp³-hybridized carbons (Fsp3) is 0.529. The zero-order chi connectivity index (χ0) is 28.6. The molecule has 0 radical (unpaired) electrons. The molecule has 2 aromatic rings. The lowest BCUT2D eigenvalue weighted by molar-refractivity contribution is -0.114. The average Bonchev–Trinajstić information content (AvgIpc) is 2.95. The Morgan fingerprint density at radius 2 is 1.60 bits per heavy atom. The number of nitrogens with one attached hydrogen (secondary N) is 1. The van der Waals surface area contributed by atoms with E-state index in [1.165, 1.54) is 70.0 Å². The third-order valence-corrected chi connectivity index (χ3v) is 8.76. The van der Waals surface area contributed by atoms with Crippen LogP contribution in [0, 0.1) is 6.92 Å². The topological polar surface area (TPSA) is 78.7 Å². The molecule has 6 nitrogen and oxygen atoms in total. The van der Waals surface area contributed by atoms with Gasteiger partial charge in [0.25, 0.3) is 5.91 Å². The lowest BCUT2D eigenvalue weighted by atomic mass is 9.91. The van der Waals surface area contributed by atoms with Gasteiger partial charge in [-0.05, 0) is 101 Å². The predicted molar refractivity (Wildman–Crippen MR) is 166 cm³/mol. The quantitative estimate of drug-likeness (QED) is 0.341. The molecular weight excluding hydrogens is 496 g/mol. The fourth-order valence-corrected chi connectivity index (χ4v) is 6.37. The minimum Gasteiger partial charge on any atom is -0.369 e. The van der Waals surface area contributed by atoms with Crippen LogP contribution in [0.3, 0.4) is 0 Å². The first-order chi connectivity index (χ1) is 19.3. The Kier molecular flexibility index (Phi) is 10.4. The van der Waals surface area contributed by atoms with Crippen molar-refractivity contribution in [3.05, 3.63) is 64.2 Å². The molecule has 0 atom stereocenters. The van der Waals surface area contributed by atoms with Gasteiger partial charge in [0.1, 0.15) is 0 Å². The van der Waals surface area contributed by atoms with Gasteiger partial charge in [0.2, 0.25) is 5.91 Å². The largest absolute Gasteiger partial charge is 0.369 e. The second-order valence-electron chi connectivity index (χ2n) is 11.8. The van der Waals surface area contributed by atoms with Crippen LogP contribution >= 0.6 is 0 Å². The average molecular weight is 545 g/mol. The van der Waals surface area contributed by atoms with Crippen molar-refractivity contribution in [2.75, 3.05) is 31.1 Å². The summed E-state index contributed by atoms with van der Waals surface area (Å²) in [4.78, 5) is 30.6. The molecule has 0 bridgehead atoms. The molecule has 2 fully saturated rings. The summed E-state index contributed by atoms with van der Waals surface area (Å²) in [5, 5.41) is 2.98. The first-order valence-electron chi connectivity index (χ1n) is 15.3. The smallest absolute Gasteiger partial charge is 0.251 e. The van der Waals surface area contributed by atoms with Crippen LogP contribution in [0.5, 0.6) is 0 Å². The summed E-state index contributed by atoms with van der Waals surface area (Å²) in [6.07, 6.45) is 10.1. The number of piperidine rings is 1. The maximum Gasteiger partial charge on any atom is 0.251 e. The van der Waals surface area contributed by atoms with E-state index in [0.29, 0.717) is 17.2 Å². The summed E-state index contributed by atoms with van der Waals surface area (Å²) in [7, 11) is 0. The first-order valence-corrected chi connectivity index (χ1v) is 15.3. The number of amides is 2. The van der Waals surface area contributed by atoms with E-state index in [1.54, 1.807) is 0 Å². The number of rotatable bonds is 10. The summed E-state index contributed by atoms with van der Waals surface area (Å²) >= 11 is 0. The van der Waals surface area contributed by atoms with Crippen LogP contribution in [-0.4, -0.2) is 48.9 Å². The van der Waals surface area contributed by atoms with E-state index in [9.17, 15) is 9.59 Å². The SMILES string of the molecule is CCN(c1cc(-c2ccc(CN3CCCCC3)cc2)cc(C(=O)NCC(C(N)=O)=C(C)C)c1C)C1CCCCC1. The first kappa shape index (κ1) is 29.9. The van der Waals surface area contributed by atoms with E-state index in [4.69, 9.17) is 5.73 Å². The number of hydrogen-bond acceptors (Lipinski definition) is 4. The molecule has 3 N–H and O–H groups in total.